The second-order valence-electron chi connectivity index (χ2n) is 5.28. The van der Waals surface area contributed by atoms with Crippen molar-refractivity contribution in [2.75, 3.05) is 18.8 Å². The molecule has 0 aliphatic heterocycles. The second-order valence-corrected chi connectivity index (χ2v) is 5.28. The van der Waals surface area contributed by atoms with E-state index in [2.05, 4.69) is 23.7 Å². The Morgan fingerprint density at radius 1 is 1.15 bits per heavy atom. The molecule has 1 aromatic heterocycles. The highest BCUT2D eigenvalue weighted by atomic mass is 16.3. The first-order valence-corrected chi connectivity index (χ1v) is 7.60. The molecule has 20 heavy (non-hydrogen) atoms. The van der Waals surface area contributed by atoms with Gasteiger partial charge in [-0.25, -0.2) is 4.98 Å². The van der Waals surface area contributed by atoms with Crippen LogP contribution in [0.3, 0.4) is 0 Å². The second kappa shape index (κ2) is 7.29. The lowest BCUT2D eigenvalue weighted by molar-refractivity contribution is 0.234. The van der Waals surface area contributed by atoms with E-state index in [9.17, 15) is 0 Å². The predicted octanol–water partition coefficient (Wildman–Crippen LogP) is 3.81. The normalized spacial score (nSPS) is 11.6. The third-order valence-corrected chi connectivity index (χ3v) is 3.51. The summed E-state index contributed by atoms with van der Waals surface area (Å²) >= 11 is 0. The minimum absolute atomic E-state index is 0.686. The third kappa shape index (κ3) is 3.73. The maximum Gasteiger partial charge on any atom is 0.209 e. The number of nitrogen functional groups attached to an aromatic ring is 1. The fourth-order valence-electron chi connectivity index (χ4n) is 2.31. The summed E-state index contributed by atoms with van der Waals surface area (Å²) in [5.41, 5.74) is 8.18. The van der Waals surface area contributed by atoms with Crippen LogP contribution < -0.4 is 5.73 Å². The minimum Gasteiger partial charge on any atom is -0.439 e. The molecular weight excluding hydrogens is 250 g/mol. The van der Waals surface area contributed by atoms with Crippen molar-refractivity contribution in [3.63, 3.8) is 0 Å². The molecule has 0 radical (unpaired) electrons. The van der Waals surface area contributed by atoms with Crippen LogP contribution in [-0.2, 0) is 6.54 Å². The van der Waals surface area contributed by atoms with Gasteiger partial charge in [0.05, 0.1) is 12.2 Å². The number of rotatable bonds is 8. The highest BCUT2D eigenvalue weighted by molar-refractivity contribution is 5.85. The summed E-state index contributed by atoms with van der Waals surface area (Å²) in [6, 6.07) is 5.68. The summed E-state index contributed by atoms with van der Waals surface area (Å²) < 4.78 is 5.81. The Balaban J connectivity index is 2.08. The highest BCUT2D eigenvalue weighted by Gasteiger charge is 2.12. The summed E-state index contributed by atoms with van der Waals surface area (Å²) in [4.78, 5) is 6.96. The first-order chi connectivity index (χ1) is 9.74. The van der Waals surface area contributed by atoms with Crippen molar-refractivity contribution in [3.8, 4) is 0 Å². The predicted molar refractivity (Wildman–Crippen MR) is 83.5 cm³/mol. The van der Waals surface area contributed by atoms with Crippen molar-refractivity contribution in [2.24, 2.45) is 0 Å². The standard InChI is InChI=1S/C16H25N3O/c1-3-5-10-19(11-6-4-2)12-15-18-16-13(17)8-7-9-14(16)20-15/h7-9H,3-6,10-12,17H2,1-2H3. The quantitative estimate of drug-likeness (QED) is 0.744. The van der Waals surface area contributed by atoms with Gasteiger partial charge in [-0.2, -0.15) is 0 Å². The highest BCUT2D eigenvalue weighted by Crippen LogP contribution is 2.22. The van der Waals surface area contributed by atoms with Crippen LogP contribution in [0.2, 0.25) is 0 Å². The number of fused-ring (bicyclic) bond motifs is 1. The number of hydrogen-bond acceptors (Lipinski definition) is 4. The molecule has 0 aliphatic carbocycles. The molecule has 4 heteroatoms. The molecule has 0 amide bonds. The molecule has 0 unspecified atom stereocenters. The fourth-order valence-corrected chi connectivity index (χ4v) is 2.31. The molecule has 2 N–H and O–H groups in total. The van der Waals surface area contributed by atoms with Crippen molar-refractivity contribution in [1.82, 2.24) is 9.88 Å². The van der Waals surface area contributed by atoms with E-state index in [4.69, 9.17) is 10.2 Å². The Morgan fingerprint density at radius 3 is 2.45 bits per heavy atom. The smallest absolute Gasteiger partial charge is 0.209 e. The summed E-state index contributed by atoms with van der Waals surface area (Å²) in [7, 11) is 0. The van der Waals surface area contributed by atoms with Crippen LogP contribution in [0, 0.1) is 0 Å². The zero-order chi connectivity index (χ0) is 14.4. The van der Waals surface area contributed by atoms with Gasteiger partial charge in [-0.3, -0.25) is 4.90 Å². The van der Waals surface area contributed by atoms with Crippen molar-refractivity contribution in [1.29, 1.82) is 0 Å². The van der Waals surface area contributed by atoms with Crippen LogP contribution in [0.15, 0.2) is 22.6 Å². The van der Waals surface area contributed by atoms with Crippen LogP contribution in [0.25, 0.3) is 11.1 Å². The first kappa shape index (κ1) is 14.9. The van der Waals surface area contributed by atoms with Crippen LogP contribution in [0.4, 0.5) is 5.69 Å². The van der Waals surface area contributed by atoms with Gasteiger partial charge < -0.3 is 10.2 Å². The number of benzene rings is 1. The van der Waals surface area contributed by atoms with Crippen molar-refractivity contribution in [3.05, 3.63) is 24.1 Å². The van der Waals surface area contributed by atoms with Crippen LogP contribution in [-0.4, -0.2) is 23.0 Å². The summed E-state index contributed by atoms with van der Waals surface area (Å²) in [6.07, 6.45) is 4.85. The van der Waals surface area contributed by atoms with Gasteiger partial charge in [0.2, 0.25) is 5.89 Å². The van der Waals surface area contributed by atoms with Gasteiger partial charge in [-0.1, -0.05) is 32.8 Å². The largest absolute Gasteiger partial charge is 0.439 e. The molecule has 0 spiro atoms. The van der Waals surface area contributed by atoms with E-state index < -0.39 is 0 Å². The molecule has 2 aromatic rings. The molecule has 1 aromatic carbocycles. The van der Waals surface area contributed by atoms with Crippen molar-refractivity contribution < 1.29 is 4.42 Å². The molecule has 0 aliphatic rings. The SMILES string of the molecule is CCCCN(CCCC)Cc1nc2c(N)cccc2o1. The number of aromatic nitrogens is 1. The summed E-state index contributed by atoms with van der Waals surface area (Å²) in [6.45, 7) is 7.42. The molecule has 0 saturated heterocycles. The van der Waals surface area contributed by atoms with Crippen LogP contribution in [0.5, 0.6) is 0 Å². The number of hydrogen-bond donors (Lipinski definition) is 1. The maximum absolute atomic E-state index is 5.92. The van der Waals surface area contributed by atoms with E-state index in [-0.39, 0.29) is 0 Å². The van der Waals surface area contributed by atoms with Gasteiger partial charge in [0.1, 0.15) is 5.52 Å². The van der Waals surface area contributed by atoms with E-state index in [1.807, 2.05) is 18.2 Å². The Bertz CT molecular complexity index is 528. The number of anilines is 1. The average molecular weight is 275 g/mol. The molecule has 0 fully saturated rings. The number of para-hydroxylation sites is 1. The number of oxazole rings is 1. The molecule has 0 bridgehead atoms. The Morgan fingerprint density at radius 2 is 1.85 bits per heavy atom. The molecule has 2 rings (SSSR count). The lowest BCUT2D eigenvalue weighted by Gasteiger charge is -2.19. The van der Waals surface area contributed by atoms with Gasteiger partial charge in [0.25, 0.3) is 0 Å². The number of unbranched alkanes of at least 4 members (excludes halogenated alkanes) is 2. The zero-order valence-corrected chi connectivity index (χ0v) is 12.6. The summed E-state index contributed by atoms with van der Waals surface area (Å²) in [5, 5.41) is 0. The van der Waals surface area contributed by atoms with Crippen LogP contribution in [0.1, 0.15) is 45.4 Å². The van der Waals surface area contributed by atoms with Gasteiger partial charge in [-0.05, 0) is 38.1 Å². The topological polar surface area (TPSA) is 55.3 Å². The maximum atomic E-state index is 5.92. The van der Waals surface area contributed by atoms with E-state index in [0.29, 0.717) is 5.69 Å². The molecule has 0 atom stereocenters. The van der Waals surface area contributed by atoms with E-state index in [1.165, 1.54) is 25.7 Å². The average Bonchev–Trinajstić information content (AvgIpc) is 2.86. The number of nitrogens with zero attached hydrogens (tertiary/aromatic N) is 2. The minimum atomic E-state index is 0.686. The third-order valence-electron chi connectivity index (χ3n) is 3.51. The lowest BCUT2D eigenvalue weighted by atomic mass is 10.2. The monoisotopic (exact) mass is 275 g/mol. The van der Waals surface area contributed by atoms with E-state index >= 15 is 0 Å². The fraction of sp³-hybridized carbons (Fsp3) is 0.562. The Hall–Kier alpha value is -1.55. The molecule has 110 valence electrons. The van der Waals surface area contributed by atoms with Crippen molar-refractivity contribution in [2.45, 2.75) is 46.1 Å². The van der Waals surface area contributed by atoms with Gasteiger partial charge in [0.15, 0.2) is 5.58 Å². The first-order valence-electron chi connectivity index (χ1n) is 7.60. The van der Waals surface area contributed by atoms with Gasteiger partial charge in [0, 0.05) is 0 Å². The Labute approximate surface area is 121 Å². The molecule has 1 heterocycles. The summed E-state index contributed by atoms with van der Waals surface area (Å²) in [5.74, 6) is 0.769. The van der Waals surface area contributed by atoms with Gasteiger partial charge >= 0.3 is 0 Å². The van der Waals surface area contributed by atoms with Gasteiger partial charge in [-0.15, -0.1) is 0 Å². The Kier molecular flexibility index (Phi) is 5.41. The lowest BCUT2D eigenvalue weighted by Crippen LogP contribution is -2.25. The number of nitrogens with two attached hydrogens (primary N) is 1. The van der Waals surface area contributed by atoms with E-state index in [0.717, 1.165) is 36.6 Å². The van der Waals surface area contributed by atoms with E-state index in [1.54, 1.807) is 0 Å². The van der Waals surface area contributed by atoms with Crippen LogP contribution >= 0.6 is 0 Å². The van der Waals surface area contributed by atoms with Crippen molar-refractivity contribution >= 4 is 16.8 Å². The molecule has 0 saturated carbocycles. The zero-order valence-electron chi connectivity index (χ0n) is 12.6. The molecule has 4 nitrogen and oxygen atoms in total. The molecular formula is C16H25N3O.